The molecule has 2 heterocycles. The minimum Gasteiger partial charge on any atom is -0.352 e. The van der Waals surface area contributed by atoms with Gasteiger partial charge in [0, 0.05) is 24.0 Å². The molecule has 0 unspecified atom stereocenters. The molecular weight excluding hydrogens is 347 g/mol. The van der Waals surface area contributed by atoms with E-state index in [0.29, 0.717) is 29.2 Å². The first kappa shape index (κ1) is 17.0. The number of carbonyl (C=O) groups is 2. The van der Waals surface area contributed by atoms with Crippen molar-refractivity contribution in [2.75, 3.05) is 11.9 Å². The summed E-state index contributed by atoms with van der Waals surface area (Å²) in [6.07, 6.45) is 2.60. The molecule has 136 valence electrons. The number of hydrogen-bond donors (Lipinski definition) is 2. The van der Waals surface area contributed by atoms with Crippen molar-refractivity contribution in [3.05, 3.63) is 77.4 Å². The third-order valence-electron chi connectivity index (χ3n) is 4.40. The van der Waals surface area contributed by atoms with Crippen LogP contribution < -0.4 is 10.6 Å². The van der Waals surface area contributed by atoms with Gasteiger partial charge in [-0.1, -0.05) is 6.07 Å². The van der Waals surface area contributed by atoms with Crippen LogP contribution in [-0.4, -0.2) is 28.1 Å². The molecule has 7 heteroatoms. The lowest BCUT2D eigenvalue weighted by Gasteiger charge is -2.17. The van der Waals surface area contributed by atoms with Crippen LogP contribution in [0.2, 0.25) is 0 Å². The maximum Gasteiger partial charge on any atom is 0.251 e. The Hall–Kier alpha value is -3.48. The van der Waals surface area contributed by atoms with E-state index in [4.69, 9.17) is 0 Å². The normalized spacial score (nSPS) is 13.0. The molecule has 1 aromatic heterocycles. The van der Waals surface area contributed by atoms with E-state index in [1.165, 1.54) is 12.1 Å². The Morgan fingerprint density at radius 3 is 2.81 bits per heavy atom. The average Bonchev–Trinajstić information content (AvgIpc) is 3.11. The second-order valence-corrected chi connectivity index (χ2v) is 6.33. The lowest BCUT2D eigenvalue weighted by atomic mass is 10.00. The molecule has 2 aromatic carbocycles. The number of nitrogens with one attached hydrogen (secondary N) is 2. The molecule has 27 heavy (non-hydrogen) atoms. The predicted octanol–water partition coefficient (Wildman–Crippen LogP) is 2.48. The van der Waals surface area contributed by atoms with E-state index in [1.807, 2.05) is 6.07 Å². The zero-order valence-electron chi connectivity index (χ0n) is 14.4. The van der Waals surface area contributed by atoms with E-state index in [-0.39, 0.29) is 24.1 Å². The van der Waals surface area contributed by atoms with E-state index in [1.54, 1.807) is 41.2 Å². The van der Waals surface area contributed by atoms with E-state index >= 15 is 0 Å². The van der Waals surface area contributed by atoms with Crippen LogP contribution in [0.5, 0.6) is 0 Å². The molecule has 0 spiro atoms. The maximum absolute atomic E-state index is 13.0. The molecule has 0 aliphatic carbocycles. The third kappa shape index (κ3) is 3.72. The fourth-order valence-electron chi connectivity index (χ4n) is 3.05. The Balaban J connectivity index is 1.43. The van der Waals surface area contributed by atoms with E-state index in [9.17, 15) is 14.0 Å². The average molecular weight is 364 g/mol. The monoisotopic (exact) mass is 364 g/mol. The number of aromatic nitrogens is 2. The van der Waals surface area contributed by atoms with Gasteiger partial charge in [0.1, 0.15) is 5.82 Å². The van der Waals surface area contributed by atoms with E-state index in [0.717, 1.165) is 12.0 Å². The summed E-state index contributed by atoms with van der Waals surface area (Å²) in [4.78, 5) is 24.2. The summed E-state index contributed by atoms with van der Waals surface area (Å²) in [5.74, 6) is -0.662. The molecule has 3 aromatic rings. The van der Waals surface area contributed by atoms with Crippen molar-refractivity contribution in [2.24, 2.45) is 0 Å². The zero-order chi connectivity index (χ0) is 18.8. The summed E-state index contributed by atoms with van der Waals surface area (Å²) in [5.41, 5.74) is 3.46. The fraction of sp³-hybridized carbons (Fsp3) is 0.150. The highest BCUT2D eigenvalue weighted by atomic mass is 19.1. The Kier molecular flexibility index (Phi) is 4.42. The zero-order valence-corrected chi connectivity index (χ0v) is 14.4. The molecular formula is C20H17FN4O2. The summed E-state index contributed by atoms with van der Waals surface area (Å²) < 4.78 is 14.6. The van der Waals surface area contributed by atoms with Gasteiger partial charge in [0.2, 0.25) is 5.91 Å². The van der Waals surface area contributed by atoms with Crippen LogP contribution in [0.1, 0.15) is 21.6 Å². The number of amides is 2. The summed E-state index contributed by atoms with van der Waals surface area (Å²) in [6, 6.07) is 13.0. The van der Waals surface area contributed by atoms with Gasteiger partial charge in [-0.2, -0.15) is 5.10 Å². The van der Waals surface area contributed by atoms with Crippen molar-refractivity contribution in [2.45, 2.75) is 12.8 Å². The van der Waals surface area contributed by atoms with Gasteiger partial charge in [-0.05, 0) is 54.4 Å². The quantitative estimate of drug-likeness (QED) is 0.747. The number of nitrogens with zero attached hydrogens (tertiary/aromatic N) is 2. The maximum atomic E-state index is 13.0. The number of halogens is 1. The molecule has 2 amide bonds. The van der Waals surface area contributed by atoms with Crippen molar-refractivity contribution in [3.63, 3.8) is 0 Å². The van der Waals surface area contributed by atoms with Crippen molar-refractivity contribution in [1.82, 2.24) is 15.1 Å². The van der Waals surface area contributed by atoms with Crippen molar-refractivity contribution < 1.29 is 14.0 Å². The minimum atomic E-state index is -0.316. The SMILES string of the molecule is O=C(Cc1ccn(-c2ccc(F)cc2)n1)Nc1ccc2c(c1)C(=O)NCC2. The van der Waals surface area contributed by atoms with Crippen LogP contribution >= 0.6 is 0 Å². The molecule has 6 nitrogen and oxygen atoms in total. The van der Waals surface area contributed by atoms with Crippen LogP contribution in [-0.2, 0) is 17.6 Å². The third-order valence-corrected chi connectivity index (χ3v) is 4.40. The molecule has 0 radical (unpaired) electrons. The molecule has 1 aliphatic rings. The molecule has 0 saturated carbocycles. The number of anilines is 1. The highest BCUT2D eigenvalue weighted by Crippen LogP contribution is 2.19. The van der Waals surface area contributed by atoms with Gasteiger partial charge in [-0.25, -0.2) is 9.07 Å². The van der Waals surface area contributed by atoms with Gasteiger partial charge < -0.3 is 10.6 Å². The molecule has 0 atom stereocenters. The smallest absolute Gasteiger partial charge is 0.251 e. The minimum absolute atomic E-state index is 0.0947. The van der Waals surface area contributed by atoms with Gasteiger partial charge in [0.25, 0.3) is 5.91 Å². The first-order chi connectivity index (χ1) is 13.1. The number of carbonyl (C=O) groups excluding carboxylic acids is 2. The van der Waals surface area contributed by atoms with Crippen molar-refractivity contribution in [3.8, 4) is 5.69 Å². The fourth-order valence-corrected chi connectivity index (χ4v) is 3.05. The summed E-state index contributed by atoms with van der Waals surface area (Å²) in [7, 11) is 0. The summed E-state index contributed by atoms with van der Waals surface area (Å²) in [6.45, 7) is 0.633. The lowest BCUT2D eigenvalue weighted by molar-refractivity contribution is -0.115. The largest absolute Gasteiger partial charge is 0.352 e. The Morgan fingerprint density at radius 2 is 2.00 bits per heavy atom. The number of rotatable bonds is 4. The lowest BCUT2D eigenvalue weighted by Crippen LogP contribution is -2.31. The van der Waals surface area contributed by atoms with Crippen LogP contribution in [0.25, 0.3) is 5.69 Å². The second kappa shape index (κ2) is 7.03. The van der Waals surface area contributed by atoms with Gasteiger partial charge >= 0.3 is 0 Å². The number of fused-ring (bicyclic) bond motifs is 1. The molecule has 2 N–H and O–H groups in total. The first-order valence-electron chi connectivity index (χ1n) is 8.60. The van der Waals surface area contributed by atoms with Crippen molar-refractivity contribution in [1.29, 1.82) is 0 Å². The number of hydrogen-bond acceptors (Lipinski definition) is 3. The highest BCUT2D eigenvalue weighted by Gasteiger charge is 2.17. The van der Waals surface area contributed by atoms with Crippen LogP contribution in [0.15, 0.2) is 54.7 Å². The van der Waals surface area contributed by atoms with Crippen LogP contribution in [0.4, 0.5) is 10.1 Å². The van der Waals surface area contributed by atoms with Gasteiger partial charge in [0.05, 0.1) is 17.8 Å². The molecule has 0 saturated heterocycles. The van der Waals surface area contributed by atoms with Crippen LogP contribution in [0.3, 0.4) is 0 Å². The van der Waals surface area contributed by atoms with Crippen molar-refractivity contribution >= 4 is 17.5 Å². The molecule has 0 bridgehead atoms. The predicted molar refractivity (Wildman–Crippen MR) is 98.3 cm³/mol. The summed E-state index contributed by atoms with van der Waals surface area (Å²) >= 11 is 0. The highest BCUT2D eigenvalue weighted by molar-refractivity contribution is 5.99. The standard InChI is InChI=1S/C20H17FN4O2/c21-14-2-5-17(6-3-14)25-10-8-16(24-25)12-19(26)23-15-4-1-13-7-9-22-20(27)18(13)11-15/h1-6,8,10-11H,7,9,12H2,(H,22,27)(H,23,26). The van der Waals surface area contributed by atoms with Gasteiger partial charge in [0.15, 0.2) is 0 Å². The topological polar surface area (TPSA) is 76.0 Å². The number of benzene rings is 2. The first-order valence-corrected chi connectivity index (χ1v) is 8.60. The van der Waals surface area contributed by atoms with Gasteiger partial charge in [-0.15, -0.1) is 0 Å². The summed E-state index contributed by atoms with van der Waals surface area (Å²) in [5, 5.41) is 9.94. The Bertz CT molecular complexity index is 1010. The molecule has 1 aliphatic heterocycles. The Labute approximate surface area is 155 Å². The van der Waals surface area contributed by atoms with E-state index < -0.39 is 0 Å². The van der Waals surface area contributed by atoms with Gasteiger partial charge in [-0.3, -0.25) is 9.59 Å². The van der Waals surface area contributed by atoms with E-state index in [2.05, 4.69) is 15.7 Å². The Morgan fingerprint density at radius 1 is 1.19 bits per heavy atom. The molecule has 0 fully saturated rings. The van der Waals surface area contributed by atoms with Crippen LogP contribution in [0, 0.1) is 5.82 Å². The molecule has 4 rings (SSSR count). The second-order valence-electron chi connectivity index (χ2n) is 6.33.